The molecule has 0 unspecified atom stereocenters. The number of hydrogen-bond acceptors (Lipinski definition) is 3. The predicted molar refractivity (Wildman–Crippen MR) is 36.5 cm³/mol. The van der Waals surface area contributed by atoms with Crippen LogP contribution in [0.15, 0.2) is 12.3 Å². The molecule has 0 bridgehead atoms. The van der Waals surface area contributed by atoms with E-state index >= 15 is 0 Å². The van der Waals surface area contributed by atoms with Crippen LogP contribution in [0.1, 0.15) is 6.04 Å². The van der Waals surface area contributed by atoms with E-state index in [1.807, 2.05) is 10.9 Å². The van der Waals surface area contributed by atoms with Gasteiger partial charge in [0.1, 0.15) is 5.82 Å². The maximum atomic E-state index is 5.42. The quantitative estimate of drug-likeness (QED) is 0.597. The fourth-order valence-corrected chi connectivity index (χ4v) is 0.932. The summed E-state index contributed by atoms with van der Waals surface area (Å²) < 4.78 is 6.84. The van der Waals surface area contributed by atoms with Gasteiger partial charge in [-0.1, -0.05) is 0 Å². The van der Waals surface area contributed by atoms with Crippen molar-refractivity contribution in [2.45, 2.75) is 6.04 Å². The van der Waals surface area contributed by atoms with Gasteiger partial charge < -0.3 is 10.5 Å². The third-order valence-electron chi connectivity index (χ3n) is 1.62. The molecule has 4 heteroatoms. The van der Waals surface area contributed by atoms with Gasteiger partial charge in [-0.3, -0.25) is 4.68 Å². The molecule has 1 aliphatic heterocycles. The van der Waals surface area contributed by atoms with Crippen molar-refractivity contribution in [2.24, 2.45) is 0 Å². The molecule has 2 rings (SSSR count). The molecule has 0 amide bonds. The van der Waals surface area contributed by atoms with Crippen LogP contribution in [0.25, 0.3) is 0 Å². The highest BCUT2D eigenvalue weighted by molar-refractivity contribution is 5.24. The topological polar surface area (TPSA) is 53.1 Å². The van der Waals surface area contributed by atoms with Crippen LogP contribution in [-0.4, -0.2) is 23.0 Å². The highest BCUT2D eigenvalue weighted by atomic mass is 16.5. The summed E-state index contributed by atoms with van der Waals surface area (Å²) in [6.07, 6.45) is 1.88. The molecule has 1 saturated heterocycles. The molecule has 0 spiro atoms. The van der Waals surface area contributed by atoms with E-state index in [9.17, 15) is 0 Å². The number of nitrogen functional groups attached to an aromatic ring is 1. The van der Waals surface area contributed by atoms with Gasteiger partial charge in [-0.05, 0) is 6.07 Å². The van der Waals surface area contributed by atoms with Crippen molar-refractivity contribution in [1.82, 2.24) is 9.78 Å². The molecular formula is C6H9N3O. The summed E-state index contributed by atoms with van der Waals surface area (Å²) >= 11 is 0. The van der Waals surface area contributed by atoms with E-state index in [2.05, 4.69) is 5.10 Å². The minimum Gasteiger partial charge on any atom is -0.382 e. The molecule has 1 aromatic rings. The van der Waals surface area contributed by atoms with Crippen LogP contribution >= 0.6 is 0 Å². The Morgan fingerprint density at radius 1 is 1.70 bits per heavy atom. The van der Waals surface area contributed by atoms with Gasteiger partial charge in [0.25, 0.3) is 0 Å². The van der Waals surface area contributed by atoms with Crippen LogP contribution in [-0.2, 0) is 4.74 Å². The van der Waals surface area contributed by atoms with Crippen molar-refractivity contribution in [3.63, 3.8) is 0 Å². The van der Waals surface area contributed by atoms with E-state index in [-0.39, 0.29) is 0 Å². The summed E-state index contributed by atoms with van der Waals surface area (Å²) in [7, 11) is 0. The van der Waals surface area contributed by atoms with Crippen LogP contribution in [0.2, 0.25) is 0 Å². The normalized spacial score (nSPS) is 18.8. The van der Waals surface area contributed by atoms with E-state index in [1.165, 1.54) is 0 Å². The molecule has 4 nitrogen and oxygen atoms in total. The first-order chi connectivity index (χ1) is 4.86. The van der Waals surface area contributed by atoms with E-state index in [0.29, 0.717) is 11.9 Å². The summed E-state index contributed by atoms with van der Waals surface area (Å²) in [6, 6.07) is 2.20. The molecule has 0 radical (unpaired) electrons. The smallest absolute Gasteiger partial charge is 0.145 e. The lowest BCUT2D eigenvalue weighted by Gasteiger charge is -2.25. The molecule has 0 aliphatic carbocycles. The Kier molecular flexibility index (Phi) is 1.14. The lowest BCUT2D eigenvalue weighted by molar-refractivity contribution is -0.0285. The van der Waals surface area contributed by atoms with Gasteiger partial charge in [-0.15, -0.1) is 0 Å². The van der Waals surface area contributed by atoms with Crippen LogP contribution in [0, 0.1) is 0 Å². The van der Waals surface area contributed by atoms with Crippen molar-refractivity contribution in [1.29, 1.82) is 0 Å². The summed E-state index contributed by atoms with van der Waals surface area (Å²) in [5, 5.41) is 4.05. The Labute approximate surface area is 58.6 Å². The number of nitrogens with two attached hydrogens (primary N) is 1. The highest BCUT2D eigenvalue weighted by Gasteiger charge is 2.20. The minimum absolute atomic E-state index is 0.414. The fourth-order valence-electron chi connectivity index (χ4n) is 0.932. The van der Waals surface area contributed by atoms with Crippen LogP contribution in [0.5, 0.6) is 0 Å². The molecule has 1 fully saturated rings. The third-order valence-corrected chi connectivity index (χ3v) is 1.62. The van der Waals surface area contributed by atoms with Crippen molar-refractivity contribution < 1.29 is 4.74 Å². The van der Waals surface area contributed by atoms with Gasteiger partial charge in [0.2, 0.25) is 0 Å². The molecule has 10 heavy (non-hydrogen) atoms. The SMILES string of the molecule is Nc1ccn(C2COC2)n1. The van der Waals surface area contributed by atoms with E-state index in [1.54, 1.807) is 6.07 Å². The summed E-state index contributed by atoms with van der Waals surface area (Å²) in [5.74, 6) is 0.576. The number of nitrogens with zero attached hydrogens (tertiary/aromatic N) is 2. The molecule has 54 valence electrons. The standard InChI is InChI=1S/C6H9N3O/c7-6-1-2-9(8-6)5-3-10-4-5/h1-2,5H,3-4H2,(H2,7,8). The Balaban J connectivity index is 2.17. The van der Waals surface area contributed by atoms with Crippen molar-refractivity contribution in [3.8, 4) is 0 Å². The summed E-state index contributed by atoms with van der Waals surface area (Å²) in [6.45, 7) is 1.53. The highest BCUT2D eigenvalue weighted by Crippen LogP contribution is 2.15. The average Bonchev–Trinajstić information content (AvgIpc) is 2.10. The van der Waals surface area contributed by atoms with E-state index in [0.717, 1.165) is 13.2 Å². The number of rotatable bonds is 1. The molecule has 0 aromatic carbocycles. The first kappa shape index (κ1) is 5.73. The summed E-state index contributed by atoms with van der Waals surface area (Å²) in [5.41, 5.74) is 5.42. The zero-order chi connectivity index (χ0) is 6.97. The molecule has 1 aromatic heterocycles. The Hall–Kier alpha value is -1.03. The Morgan fingerprint density at radius 2 is 2.50 bits per heavy atom. The number of anilines is 1. The third kappa shape index (κ3) is 0.769. The maximum absolute atomic E-state index is 5.42. The lowest BCUT2D eigenvalue weighted by atomic mass is 10.3. The Bertz CT molecular complexity index is 229. The lowest BCUT2D eigenvalue weighted by Crippen LogP contribution is -2.30. The van der Waals surface area contributed by atoms with Crippen molar-refractivity contribution >= 4 is 5.82 Å². The predicted octanol–water partition coefficient (Wildman–Crippen LogP) is 0.0366. The van der Waals surface area contributed by atoms with Crippen molar-refractivity contribution in [2.75, 3.05) is 18.9 Å². The van der Waals surface area contributed by atoms with Gasteiger partial charge in [0.15, 0.2) is 0 Å². The monoisotopic (exact) mass is 139 g/mol. The average molecular weight is 139 g/mol. The van der Waals surface area contributed by atoms with Gasteiger partial charge >= 0.3 is 0 Å². The van der Waals surface area contributed by atoms with Crippen LogP contribution < -0.4 is 5.73 Å². The second-order valence-electron chi connectivity index (χ2n) is 2.41. The largest absolute Gasteiger partial charge is 0.382 e. The van der Waals surface area contributed by atoms with Gasteiger partial charge in [0.05, 0.1) is 19.3 Å². The first-order valence-electron chi connectivity index (χ1n) is 3.24. The van der Waals surface area contributed by atoms with Crippen LogP contribution in [0.3, 0.4) is 0 Å². The molecule has 0 saturated carbocycles. The first-order valence-corrected chi connectivity index (χ1v) is 3.24. The van der Waals surface area contributed by atoms with Crippen molar-refractivity contribution in [3.05, 3.63) is 12.3 Å². The molecule has 2 heterocycles. The molecule has 0 atom stereocenters. The molecule has 1 aliphatic rings. The van der Waals surface area contributed by atoms with Gasteiger partial charge in [0, 0.05) is 6.20 Å². The number of aromatic nitrogens is 2. The van der Waals surface area contributed by atoms with E-state index in [4.69, 9.17) is 10.5 Å². The molecular weight excluding hydrogens is 130 g/mol. The van der Waals surface area contributed by atoms with E-state index < -0.39 is 0 Å². The molecule has 2 N–H and O–H groups in total. The second-order valence-corrected chi connectivity index (χ2v) is 2.41. The zero-order valence-corrected chi connectivity index (χ0v) is 5.53. The number of hydrogen-bond donors (Lipinski definition) is 1. The number of ether oxygens (including phenoxy) is 1. The maximum Gasteiger partial charge on any atom is 0.145 e. The van der Waals surface area contributed by atoms with Crippen LogP contribution in [0.4, 0.5) is 5.82 Å². The fraction of sp³-hybridized carbons (Fsp3) is 0.500. The second kappa shape index (κ2) is 1.98. The minimum atomic E-state index is 0.414. The summed E-state index contributed by atoms with van der Waals surface area (Å²) in [4.78, 5) is 0. The van der Waals surface area contributed by atoms with Gasteiger partial charge in [-0.2, -0.15) is 5.10 Å². The Morgan fingerprint density at radius 3 is 2.90 bits per heavy atom. The van der Waals surface area contributed by atoms with Gasteiger partial charge in [-0.25, -0.2) is 0 Å². The zero-order valence-electron chi connectivity index (χ0n) is 5.53.